The smallest absolute Gasteiger partial charge is 0.0814 e. The van der Waals surface area contributed by atoms with Crippen molar-refractivity contribution in [3.63, 3.8) is 0 Å². The monoisotopic (exact) mass is 248 g/mol. The molecule has 1 rings (SSSR count). The Hall–Kier alpha value is -0.280. The summed E-state index contributed by atoms with van der Waals surface area (Å²) >= 11 is 11.8. The molecule has 4 heteroatoms. The second kappa shape index (κ2) is 6.33. The van der Waals surface area contributed by atoms with Gasteiger partial charge in [-0.25, -0.2) is 0 Å². The molecule has 0 saturated heterocycles. The zero-order valence-electron chi connectivity index (χ0n) is 8.54. The van der Waals surface area contributed by atoms with Crippen molar-refractivity contribution in [3.05, 3.63) is 33.8 Å². The molecule has 1 atom stereocenters. The van der Waals surface area contributed by atoms with Crippen LogP contribution in [0.2, 0.25) is 10.0 Å². The predicted molar refractivity (Wildman–Crippen MR) is 62.7 cm³/mol. The van der Waals surface area contributed by atoms with Gasteiger partial charge in [-0.3, -0.25) is 0 Å². The highest BCUT2D eigenvalue weighted by Crippen LogP contribution is 2.26. The molecule has 2 nitrogen and oxygen atoms in total. The summed E-state index contributed by atoms with van der Waals surface area (Å²) in [6.45, 7) is 2.80. The minimum Gasteiger partial charge on any atom is -0.390 e. The number of aliphatic hydroxyl groups excluding tert-OH is 1. The third-order valence-electron chi connectivity index (χ3n) is 2.00. The molecule has 0 heterocycles. The topological polar surface area (TPSA) is 29.5 Å². The van der Waals surface area contributed by atoms with E-state index in [9.17, 15) is 5.11 Å². The van der Waals surface area contributed by atoms with Crippen LogP contribution in [0.15, 0.2) is 18.2 Å². The van der Waals surface area contributed by atoms with E-state index >= 15 is 0 Å². The van der Waals surface area contributed by atoms with Crippen LogP contribution in [0.25, 0.3) is 0 Å². The minimum atomic E-state index is -0.541. The Morgan fingerprint density at radius 1 is 1.40 bits per heavy atom. The van der Waals surface area contributed by atoms with Crippen molar-refractivity contribution >= 4 is 23.2 Å². The average Bonchev–Trinajstić information content (AvgIpc) is 2.22. The van der Waals surface area contributed by atoms with Crippen LogP contribution in [0.4, 0.5) is 0 Å². The van der Waals surface area contributed by atoms with E-state index < -0.39 is 6.10 Å². The molecule has 0 saturated carbocycles. The molecule has 0 fully saturated rings. The zero-order valence-corrected chi connectivity index (χ0v) is 10.1. The Morgan fingerprint density at radius 2 is 2.13 bits per heavy atom. The van der Waals surface area contributed by atoms with E-state index in [4.69, 9.17) is 27.9 Å². The molecule has 0 spiro atoms. The Kier molecular flexibility index (Phi) is 5.40. The second-order valence-corrected chi connectivity index (χ2v) is 4.02. The van der Waals surface area contributed by atoms with Crippen molar-refractivity contribution in [1.82, 2.24) is 0 Å². The van der Waals surface area contributed by atoms with Gasteiger partial charge in [-0.1, -0.05) is 35.3 Å². The van der Waals surface area contributed by atoms with E-state index in [-0.39, 0.29) is 0 Å². The third kappa shape index (κ3) is 3.99. The lowest BCUT2D eigenvalue weighted by molar-refractivity contribution is 0.0430. The maximum atomic E-state index is 9.62. The van der Waals surface area contributed by atoms with Crippen molar-refractivity contribution in [2.45, 2.75) is 19.4 Å². The summed E-state index contributed by atoms with van der Waals surface area (Å²) in [4.78, 5) is 0. The molecular formula is C11H14Cl2O2. The first-order valence-corrected chi connectivity index (χ1v) is 5.59. The summed E-state index contributed by atoms with van der Waals surface area (Å²) in [5.41, 5.74) is 0.844. The third-order valence-corrected chi connectivity index (χ3v) is 2.86. The fourth-order valence-electron chi connectivity index (χ4n) is 1.27. The van der Waals surface area contributed by atoms with E-state index in [1.54, 1.807) is 6.07 Å². The molecule has 15 heavy (non-hydrogen) atoms. The number of hydrogen-bond donors (Lipinski definition) is 1. The van der Waals surface area contributed by atoms with Crippen molar-refractivity contribution in [2.24, 2.45) is 0 Å². The van der Waals surface area contributed by atoms with Crippen molar-refractivity contribution in [2.75, 3.05) is 13.2 Å². The molecule has 84 valence electrons. The Morgan fingerprint density at radius 3 is 2.80 bits per heavy atom. The second-order valence-electron chi connectivity index (χ2n) is 3.23. The first-order valence-electron chi connectivity index (χ1n) is 4.83. The molecule has 1 unspecified atom stereocenters. The molecule has 1 aromatic carbocycles. The lowest BCUT2D eigenvalue weighted by atomic mass is 10.1. The Bertz CT molecular complexity index is 315. The van der Waals surface area contributed by atoms with Gasteiger partial charge in [-0.2, -0.15) is 0 Å². The summed E-state index contributed by atoms with van der Waals surface area (Å²) in [5.74, 6) is 0. The van der Waals surface area contributed by atoms with Crippen molar-refractivity contribution in [1.29, 1.82) is 0 Å². The quantitative estimate of drug-likeness (QED) is 0.869. The summed E-state index contributed by atoms with van der Waals surface area (Å²) in [7, 11) is 0. The average molecular weight is 249 g/mol. The molecular weight excluding hydrogens is 235 g/mol. The molecule has 0 aliphatic heterocycles. The molecule has 0 radical (unpaired) electrons. The van der Waals surface area contributed by atoms with Gasteiger partial charge >= 0.3 is 0 Å². The van der Waals surface area contributed by atoms with Crippen LogP contribution in [0.3, 0.4) is 0 Å². The van der Waals surface area contributed by atoms with Crippen molar-refractivity contribution < 1.29 is 9.84 Å². The highest BCUT2D eigenvalue weighted by atomic mass is 35.5. The first kappa shape index (κ1) is 12.8. The van der Waals surface area contributed by atoms with Gasteiger partial charge in [0.25, 0.3) is 0 Å². The van der Waals surface area contributed by atoms with Gasteiger partial charge in [-0.15, -0.1) is 0 Å². The van der Waals surface area contributed by atoms with Gasteiger partial charge < -0.3 is 9.84 Å². The molecule has 0 aliphatic rings. The zero-order chi connectivity index (χ0) is 11.3. The van der Waals surface area contributed by atoms with E-state index in [2.05, 4.69) is 0 Å². The molecule has 0 bridgehead atoms. The lowest BCUT2D eigenvalue weighted by Gasteiger charge is -2.11. The molecule has 0 aliphatic carbocycles. The Balaban J connectivity index is 2.60. The number of aliphatic hydroxyl groups is 1. The van der Waals surface area contributed by atoms with Crippen LogP contribution in [0.5, 0.6) is 0 Å². The number of ether oxygens (including phenoxy) is 1. The summed E-state index contributed by atoms with van der Waals surface area (Å²) in [5, 5.41) is 10.6. The van der Waals surface area contributed by atoms with Crippen LogP contribution in [-0.4, -0.2) is 24.4 Å². The first-order chi connectivity index (χ1) is 7.15. The largest absolute Gasteiger partial charge is 0.390 e. The van der Waals surface area contributed by atoms with E-state index in [0.29, 0.717) is 29.7 Å². The van der Waals surface area contributed by atoms with Gasteiger partial charge in [-0.05, 0) is 18.6 Å². The van der Waals surface area contributed by atoms with E-state index in [1.807, 2.05) is 19.1 Å². The number of hydrogen-bond acceptors (Lipinski definition) is 2. The summed E-state index contributed by atoms with van der Waals surface area (Å²) < 4.78 is 5.11. The van der Waals surface area contributed by atoms with E-state index in [1.165, 1.54) is 0 Å². The van der Waals surface area contributed by atoms with Crippen LogP contribution in [0, 0.1) is 0 Å². The SMILES string of the molecule is CCOCC(O)Cc1cccc(Cl)c1Cl. The molecule has 1 N–H and O–H groups in total. The minimum absolute atomic E-state index is 0.319. The van der Waals surface area contributed by atoms with Gasteiger partial charge in [0.2, 0.25) is 0 Å². The van der Waals surface area contributed by atoms with Gasteiger partial charge in [0.05, 0.1) is 22.8 Å². The number of rotatable bonds is 5. The van der Waals surface area contributed by atoms with E-state index in [0.717, 1.165) is 5.56 Å². The summed E-state index contributed by atoms with van der Waals surface area (Å²) in [6, 6.07) is 5.39. The van der Waals surface area contributed by atoms with Crippen molar-refractivity contribution in [3.8, 4) is 0 Å². The predicted octanol–water partition coefficient (Wildman–Crippen LogP) is 2.93. The molecule has 0 aromatic heterocycles. The van der Waals surface area contributed by atoms with Gasteiger partial charge in [0.15, 0.2) is 0 Å². The number of halogens is 2. The summed E-state index contributed by atoms with van der Waals surface area (Å²) in [6.07, 6.45) is -0.0831. The Labute approximate surface area is 99.8 Å². The normalized spacial score (nSPS) is 12.8. The highest BCUT2D eigenvalue weighted by molar-refractivity contribution is 6.42. The maximum absolute atomic E-state index is 9.62. The van der Waals surface area contributed by atoms with Crippen LogP contribution < -0.4 is 0 Å². The highest BCUT2D eigenvalue weighted by Gasteiger charge is 2.10. The number of benzene rings is 1. The lowest BCUT2D eigenvalue weighted by Crippen LogP contribution is -2.18. The van der Waals surface area contributed by atoms with Gasteiger partial charge in [0, 0.05) is 13.0 Å². The van der Waals surface area contributed by atoms with Gasteiger partial charge in [0.1, 0.15) is 0 Å². The van der Waals surface area contributed by atoms with Crippen LogP contribution in [0.1, 0.15) is 12.5 Å². The maximum Gasteiger partial charge on any atom is 0.0814 e. The van der Waals surface area contributed by atoms with Crippen LogP contribution >= 0.6 is 23.2 Å². The standard InChI is InChI=1S/C11H14Cl2O2/c1-2-15-7-9(14)6-8-4-3-5-10(12)11(8)13/h3-5,9,14H,2,6-7H2,1H3. The van der Waals surface area contributed by atoms with Crippen LogP contribution in [-0.2, 0) is 11.2 Å². The molecule has 1 aromatic rings. The fourth-order valence-corrected chi connectivity index (χ4v) is 1.67. The molecule has 0 amide bonds. The fraction of sp³-hybridized carbons (Fsp3) is 0.455.